The Labute approximate surface area is 119 Å². The molecule has 7 heteroatoms. The van der Waals surface area contributed by atoms with Crippen molar-refractivity contribution in [2.45, 2.75) is 29.9 Å². The van der Waals surface area contributed by atoms with Crippen LogP contribution < -0.4 is 5.69 Å². The van der Waals surface area contributed by atoms with Crippen LogP contribution in [0.25, 0.3) is 0 Å². The SMILES string of the molecule is CC(C)n1c(Sc2cccc(Cl)c2C#N)n[nH]c1=O. The predicted octanol–water partition coefficient (Wildman–Crippen LogP) is 2.83. The third kappa shape index (κ3) is 2.67. The molecule has 0 aliphatic rings. The summed E-state index contributed by atoms with van der Waals surface area (Å²) in [6.07, 6.45) is 0. The Morgan fingerprint density at radius 3 is 2.89 bits per heavy atom. The highest BCUT2D eigenvalue weighted by Crippen LogP contribution is 2.32. The van der Waals surface area contributed by atoms with Gasteiger partial charge in [-0.25, -0.2) is 9.89 Å². The van der Waals surface area contributed by atoms with Crippen molar-refractivity contribution in [3.8, 4) is 6.07 Å². The number of rotatable bonds is 3. The highest BCUT2D eigenvalue weighted by molar-refractivity contribution is 7.99. The fourth-order valence-electron chi connectivity index (χ4n) is 1.61. The molecule has 1 aromatic heterocycles. The average molecular weight is 295 g/mol. The maximum Gasteiger partial charge on any atom is 0.344 e. The molecule has 0 bridgehead atoms. The van der Waals surface area contributed by atoms with Gasteiger partial charge in [0.05, 0.1) is 10.6 Å². The van der Waals surface area contributed by atoms with E-state index in [4.69, 9.17) is 16.9 Å². The van der Waals surface area contributed by atoms with Crippen molar-refractivity contribution in [1.29, 1.82) is 5.26 Å². The summed E-state index contributed by atoms with van der Waals surface area (Å²) in [6, 6.07) is 7.24. The largest absolute Gasteiger partial charge is 0.344 e. The van der Waals surface area contributed by atoms with E-state index >= 15 is 0 Å². The van der Waals surface area contributed by atoms with E-state index in [9.17, 15) is 4.79 Å². The van der Waals surface area contributed by atoms with Crippen LogP contribution in [0.15, 0.2) is 33.0 Å². The van der Waals surface area contributed by atoms with Crippen LogP contribution in [0.3, 0.4) is 0 Å². The van der Waals surface area contributed by atoms with Gasteiger partial charge in [-0.1, -0.05) is 17.7 Å². The van der Waals surface area contributed by atoms with Crippen molar-refractivity contribution in [3.05, 3.63) is 39.3 Å². The number of aromatic nitrogens is 3. The monoisotopic (exact) mass is 294 g/mol. The number of nitrogens with one attached hydrogen (secondary N) is 1. The van der Waals surface area contributed by atoms with Crippen LogP contribution in [0, 0.1) is 11.3 Å². The van der Waals surface area contributed by atoms with Gasteiger partial charge in [0, 0.05) is 10.9 Å². The lowest BCUT2D eigenvalue weighted by Crippen LogP contribution is -2.19. The molecular formula is C12H11ClN4OS. The number of hydrogen-bond donors (Lipinski definition) is 1. The van der Waals surface area contributed by atoms with Gasteiger partial charge in [0.2, 0.25) is 0 Å². The van der Waals surface area contributed by atoms with Crippen molar-refractivity contribution in [3.63, 3.8) is 0 Å². The first-order chi connectivity index (χ1) is 9.04. The zero-order valence-electron chi connectivity index (χ0n) is 10.3. The quantitative estimate of drug-likeness (QED) is 0.944. The van der Waals surface area contributed by atoms with E-state index in [0.717, 1.165) is 0 Å². The molecule has 2 rings (SSSR count). The summed E-state index contributed by atoms with van der Waals surface area (Å²) < 4.78 is 1.53. The summed E-state index contributed by atoms with van der Waals surface area (Å²) in [6.45, 7) is 3.79. The molecule has 1 N–H and O–H groups in total. The van der Waals surface area contributed by atoms with Gasteiger partial charge in [-0.05, 0) is 37.7 Å². The molecule has 0 saturated carbocycles. The second-order valence-corrected chi connectivity index (χ2v) is 5.52. The highest BCUT2D eigenvalue weighted by atomic mass is 35.5. The van der Waals surface area contributed by atoms with Gasteiger partial charge in [-0.2, -0.15) is 5.26 Å². The summed E-state index contributed by atoms with van der Waals surface area (Å²) in [5, 5.41) is 16.4. The van der Waals surface area contributed by atoms with Gasteiger partial charge in [0.15, 0.2) is 5.16 Å². The van der Waals surface area contributed by atoms with Crippen LogP contribution in [-0.2, 0) is 0 Å². The van der Waals surface area contributed by atoms with E-state index in [0.29, 0.717) is 20.6 Å². The van der Waals surface area contributed by atoms with Crippen LogP contribution in [0.2, 0.25) is 5.02 Å². The summed E-state index contributed by atoms with van der Waals surface area (Å²) in [4.78, 5) is 12.3. The summed E-state index contributed by atoms with van der Waals surface area (Å²) in [5.74, 6) is 0. The average Bonchev–Trinajstić information content (AvgIpc) is 2.71. The Bertz CT molecular complexity index is 698. The number of H-pyrrole nitrogens is 1. The van der Waals surface area contributed by atoms with Crippen LogP contribution in [0.4, 0.5) is 0 Å². The van der Waals surface area contributed by atoms with Gasteiger partial charge >= 0.3 is 5.69 Å². The van der Waals surface area contributed by atoms with Gasteiger partial charge in [-0.15, -0.1) is 5.10 Å². The van der Waals surface area contributed by atoms with Crippen molar-refractivity contribution in [2.75, 3.05) is 0 Å². The molecule has 0 spiro atoms. The summed E-state index contributed by atoms with van der Waals surface area (Å²) >= 11 is 7.21. The van der Waals surface area contributed by atoms with Crippen LogP contribution in [-0.4, -0.2) is 14.8 Å². The fourth-order valence-corrected chi connectivity index (χ4v) is 2.97. The Hall–Kier alpha value is -1.71. The minimum absolute atomic E-state index is 0.0153. The first-order valence-electron chi connectivity index (χ1n) is 5.58. The molecule has 0 fully saturated rings. The number of aromatic amines is 1. The standard InChI is InChI=1S/C12H11ClN4OS/c1-7(2)17-11(18)15-16-12(17)19-10-5-3-4-9(13)8(10)6-14/h3-5,7H,1-2H3,(H,15,18). The first-order valence-corrected chi connectivity index (χ1v) is 6.77. The predicted molar refractivity (Wildman–Crippen MR) is 73.5 cm³/mol. The van der Waals surface area contributed by atoms with Gasteiger partial charge in [-0.3, -0.25) is 4.57 Å². The number of nitrogens with zero attached hydrogens (tertiary/aromatic N) is 3. The van der Waals surface area contributed by atoms with Crippen LogP contribution in [0.1, 0.15) is 25.5 Å². The molecule has 0 amide bonds. The number of hydrogen-bond acceptors (Lipinski definition) is 4. The lowest BCUT2D eigenvalue weighted by atomic mass is 10.2. The third-order valence-corrected chi connectivity index (χ3v) is 3.82. The molecule has 2 aromatic rings. The Morgan fingerprint density at radius 2 is 2.26 bits per heavy atom. The van der Waals surface area contributed by atoms with E-state index < -0.39 is 0 Å². The minimum Gasteiger partial charge on any atom is -0.267 e. The van der Waals surface area contributed by atoms with Crippen LogP contribution >= 0.6 is 23.4 Å². The van der Waals surface area contributed by atoms with Gasteiger partial charge < -0.3 is 0 Å². The third-order valence-electron chi connectivity index (χ3n) is 2.48. The molecule has 0 atom stereocenters. The Kier molecular flexibility index (Phi) is 3.98. The van der Waals surface area contributed by atoms with E-state index in [1.165, 1.54) is 16.3 Å². The maximum atomic E-state index is 11.6. The van der Waals surface area contributed by atoms with Gasteiger partial charge in [0.1, 0.15) is 6.07 Å². The van der Waals surface area contributed by atoms with Crippen molar-refractivity contribution in [2.24, 2.45) is 0 Å². The Balaban J connectivity index is 2.46. The second kappa shape index (κ2) is 5.51. The lowest BCUT2D eigenvalue weighted by molar-refractivity contribution is 0.534. The second-order valence-electron chi connectivity index (χ2n) is 4.10. The highest BCUT2D eigenvalue weighted by Gasteiger charge is 2.15. The maximum absolute atomic E-state index is 11.6. The van der Waals surface area contributed by atoms with E-state index in [-0.39, 0.29) is 11.7 Å². The first kappa shape index (κ1) is 13.7. The number of halogens is 1. The molecule has 5 nitrogen and oxygen atoms in total. The Morgan fingerprint density at radius 1 is 1.53 bits per heavy atom. The molecule has 0 saturated heterocycles. The molecule has 98 valence electrons. The van der Waals surface area contributed by atoms with Crippen molar-refractivity contribution >= 4 is 23.4 Å². The topological polar surface area (TPSA) is 74.5 Å². The zero-order valence-corrected chi connectivity index (χ0v) is 11.9. The van der Waals surface area contributed by atoms with Crippen LogP contribution in [0.5, 0.6) is 0 Å². The molecule has 19 heavy (non-hydrogen) atoms. The van der Waals surface area contributed by atoms with E-state index in [1.807, 2.05) is 13.8 Å². The zero-order chi connectivity index (χ0) is 14.0. The van der Waals surface area contributed by atoms with Crippen molar-refractivity contribution in [1.82, 2.24) is 14.8 Å². The number of benzene rings is 1. The van der Waals surface area contributed by atoms with Crippen molar-refractivity contribution < 1.29 is 0 Å². The summed E-state index contributed by atoms with van der Waals surface area (Å²) in [7, 11) is 0. The normalized spacial score (nSPS) is 10.7. The number of nitriles is 1. The minimum atomic E-state index is -0.266. The lowest BCUT2D eigenvalue weighted by Gasteiger charge is -2.09. The fraction of sp³-hybridized carbons (Fsp3) is 0.250. The molecule has 1 aromatic carbocycles. The molecule has 1 heterocycles. The molecule has 0 aliphatic carbocycles. The van der Waals surface area contributed by atoms with E-state index in [2.05, 4.69) is 16.3 Å². The molecule has 0 aliphatic heterocycles. The smallest absolute Gasteiger partial charge is 0.267 e. The molecular weight excluding hydrogens is 284 g/mol. The molecule has 0 radical (unpaired) electrons. The van der Waals surface area contributed by atoms with Gasteiger partial charge in [0.25, 0.3) is 0 Å². The molecule has 0 unspecified atom stereocenters. The summed E-state index contributed by atoms with van der Waals surface area (Å²) in [5.41, 5.74) is 0.123. The van der Waals surface area contributed by atoms with E-state index in [1.54, 1.807) is 18.2 Å².